The number of hydrogen-bond donors (Lipinski definition) is 2. The summed E-state index contributed by atoms with van der Waals surface area (Å²) in [4.78, 5) is 26.6. The average Bonchev–Trinajstić information content (AvgIpc) is 3.27. The summed E-state index contributed by atoms with van der Waals surface area (Å²) in [5.41, 5.74) is 2.73. The van der Waals surface area contributed by atoms with Gasteiger partial charge in [0.2, 0.25) is 10.9 Å². The van der Waals surface area contributed by atoms with E-state index in [4.69, 9.17) is 0 Å². The number of halogens is 1. The fraction of sp³-hybridized carbons (Fsp3) is 0.304. The van der Waals surface area contributed by atoms with Gasteiger partial charge in [-0.2, -0.15) is 0 Å². The van der Waals surface area contributed by atoms with Crippen LogP contribution in [0.5, 0.6) is 0 Å². The molecule has 0 aliphatic rings. The zero-order valence-corrected chi connectivity index (χ0v) is 18.9. The standard InChI is InChI=1S/C23H26FN5O2S/c1-3-16-7-11-19(12-8-16)26-22(31)23-28-27-21(32-23)15-29(4-2)14-20(30)25-13-17-5-9-18(24)10-6-17/h5-12H,3-4,13-15H2,1-2H3,(H,25,30)(H,26,31). The fourth-order valence-corrected chi connectivity index (χ4v) is 3.73. The van der Waals surface area contributed by atoms with Crippen molar-refractivity contribution in [1.82, 2.24) is 20.4 Å². The van der Waals surface area contributed by atoms with E-state index in [2.05, 4.69) is 27.8 Å². The molecule has 2 aromatic carbocycles. The molecule has 0 aliphatic heterocycles. The Bertz CT molecular complexity index is 1040. The molecule has 0 unspecified atom stereocenters. The van der Waals surface area contributed by atoms with E-state index >= 15 is 0 Å². The molecule has 2 N–H and O–H groups in total. The quantitative estimate of drug-likeness (QED) is 0.488. The van der Waals surface area contributed by atoms with Crippen LogP contribution in [0.2, 0.25) is 0 Å². The first-order valence-corrected chi connectivity index (χ1v) is 11.2. The number of carbonyl (C=O) groups is 2. The molecule has 0 saturated heterocycles. The third-order valence-corrected chi connectivity index (χ3v) is 5.76. The minimum atomic E-state index is -0.309. The van der Waals surface area contributed by atoms with Crippen LogP contribution in [0, 0.1) is 5.82 Å². The van der Waals surface area contributed by atoms with Crippen molar-refractivity contribution in [3.63, 3.8) is 0 Å². The Morgan fingerprint density at radius 3 is 2.34 bits per heavy atom. The van der Waals surface area contributed by atoms with Crippen LogP contribution in [0.1, 0.15) is 39.8 Å². The third-order valence-electron chi connectivity index (χ3n) is 4.86. The van der Waals surface area contributed by atoms with Crippen LogP contribution in [0.15, 0.2) is 48.5 Å². The van der Waals surface area contributed by atoms with E-state index in [1.54, 1.807) is 12.1 Å². The number of carbonyl (C=O) groups excluding carboxylic acids is 2. The number of benzene rings is 2. The molecule has 0 aliphatic carbocycles. The molecule has 0 atom stereocenters. The van der Waals surface area contributed by atoms with Crippen molar-refractivity contribution in [2.75, 3.05) is 18.4 Å². The highest BCUT2D eigenvalue weighted by Gasteiger charge is 2.16. The summed E-state index contributed by atoms with van der Waals surface area (Å²) in [7, 11) is 0. The topological polar surface area (TPSA) is 87.2 Å². The van der Waals surface area contributed by atoms with Crippen LogP contribution in [0.3, 0.4) is 0 Å². The summed E-state index contributed by atoms with van der Waals surface area (Å²) in [6, 6.07) is 13.7. The summed E-state index contributed by atoms with van der Waals surface area (Å²) in [6.07, 6.45) is 0.937. The van der Waals surface area contributed by atoms with Gasteiger partial charge in [0.05, 0.1) is 13.1 Å². The van der Waals surface area contributed by atoms with E-state index in [-0.39, 0.29) is 29.2 Å². The molecule has 0 bridgehead atoms. The highest BCUT2D eigenvalue weighted by Crippen LogP contribution is 2.16. The Kier molecular flexibility index (Phi) is 8.41. The van der Waals surface area contributed by atoms with E-state index in [1.807, 2.05) is 36.1 Å². The minimum absolute atomic E-state index is 0.144. The van der Waals surface area contributed by atoms with Gasteiger partial charge in [-0.3, -0.25) is 14.5 Å². The van der Waals surface area contributed by atoms with Crippen LogP contribution in [-0.2, 0) is 24.3 Å². The molecule has 2 amide bonds. The second-order valence-electron chi connectivity index (χ2n) is 7.21. The van der Waals surface area contributed by atoms with Gasteiger partial charge in [-0.05, 0) is 48.4 Å². The summed E-state index contributed by atoms with van der Waals surface area (Å²) < 4.78 is 13.0. The molecule has 0 fully saturated rings. The number of aromatic nitrogens is 2. The molecule has 168 valence electrons. The summed E-state index contributed by atoms with van der Waals surface area (Å²) >= 11 is 1.21. The molecule has 32 heavy (non-hydrogen) atoms. The lowest BCUT2D eigenvalue weighted by Crippen LogP contribution is -2.36. The van der Waals surface area contributed by atoms with Crippen molar-refractivity contribution in [3.05, 3.63) is 75.5 Å². The normalized spacial score (nSPS) is 10.9. The maximum Gasteiger partial charge on any atom is 0.286 e. The smallest absolute Gasteiger partial charge is 0.286 e. The van der Waals surface area contributed by atoms with Gasteiger partial charge in [0, 0.05) is 12.2 Å². The molecule has 3 rings (SSSR count). The molecule has 9 heteroatoms. The monoisotopic (exact) mass is 455 g/mol. The minimum Gasteiger partial charge on any atom is -0.351 e. The lowest BCUT2D eigenvalue weighted by Gasteiger charge is -2.18. The van der Waals surface area contributed by atoms with Crippen molar-refractivity contribution >= 4 is 28.8 Å². The number of anilines is 1. The van der Waals surface area contributed by atoms with Gasteiger partial charge in [0.1, 0.15) is 10.8 Å². The van der Waals surface area contributed by atoms with Crippen LogP contribution in [-0.4, -0.2) is 40.0 Å². The maximum absolute atomic E-state index is 13.0. The lowest BCUT2D eigenvalue weighted by atomic mass is 10.1. The van der Waals surface area contributed by atoms with E-state index < -0.39 is 0 Å². The van der Waals surface area contributed by atoms with Gasteiger partial charge in [0.15, 0.2) is 0 Å². The largest absolute Gasteiger partial charge is 0.351 e. The Hall–Kier alpha value is -3.17. The Morgan fingerprint density at radius 1 is 1.00 bits per heavy atom. The Morgan fingerprint density at radius 2 is 1.69 bits per heavy atom. The number of nitrogens with one attached hydrogen (secondary N) is 2. The number of nitrogens with zero attached hydrogens (tertiary/aromatic N) is 3. The first-order valence-electron chi connectivity index (χ1n) is 10.4. The second-order valence-corrected chi connectivity index (χ2v) is 8.27. The van der Waals surface area contributed by atoms with Crippen LogP contribution in [0.4, 0.5) is 10.1 Å². The molecule has 3 aromatic rings. The zero-order chi connectivity index (χ0) is 22.9. The molecule has 0 radical (unpaired) electrons. The van der Waals surface area contributed by atoms with Crippen LogP contribution < -0.4 is 10.6 Å². The highest BCUT2D eigenvalue weighted by molar-refractivity contribution is 7.13. The summed E-state index contributed by atoms with van der Waals surface area (Å²) in [5, 5.41) is 14.7. The number of amides is 2. The molecule has 7 nitrogen and oxygen atoms in total. The van der Waals surface area contributed by atoms with Crippen LogP contribution in [0.25, 0.3) is 0 Å². The fourth-order valence-electron chi connectivity index (χ4n) is 2.95. The average molecular weight is 456 g/mol. The number of rotatable bonds is 10. The van der Waals surface area contributed by atoms with Gasteiger partial charge in [-0.15, -0.1) is 10.2 Å². The van der Waals surface area contributed by atoms with Gasteiger partial charge in [-0.1, -0.05) is 49.4 Å². The SMILES string of the molecule is CCc1ccc(NC(=O)c2nnc(CN(CC)CC(=O)NCc3ccc(F)cc3)s2)cc1. The number of hydrogen-bond acceptors (Lipinski definition) is 6. The first-order chi connectivity index (χ1) is 15.5. The van der Waals surface area contributed by atoms with E-state index in [0.717, 1.165) is 12.0 Å². The van der Waals surface area contributed by atoms with Gasteiger partial charge < -0.3 is 10.6 Å². The molecule has 1 heterocycles. The summed E-state index contributed by atoms with van der Waals surface area (Å²) in [5.74, 6) is -0.760. The lowest BCUT2D eigenvalue weighted by molar-refractivity contribution is -0.122. The molecular weight excluding hydrogens is 429 g/mol. The van der Waals surface area contributed by atoms with E-state index in [0.29, 0.717) is 30.3 Å². The van der Waals surface area contributed by atoms with Crippen LogP contribution >= 0.6 is 11.3 Å². The molecule has 1 aromatic heterocycles. The second kappa shape index (κ2) is 11.4. The maximum atomic E-state index is 13.0. The summed E-state index contributed by atoms with van der Waals surface area (Å²) in [6.45, 7) is 5.58. The number of likely N-dealkylation sites (N-methyl/N-ethyl adjacent to an activating group) is 1. The van der Waals surface area contributed by atoms with Gasteiger partial charge in [0.25, 0.3) is 5.91 Å². The van der Waals surface area contributed by atoms with Gasteiger partial charge >= 0.3 is 0 Å². The van der Waals surface area contributed by atoms with Crippen molar-refractivity contribution < 1.29 is 14.0 Å². The van der Waals surface area contributed by atoms with E-state index in [9.17, 15) is 14.0 Å². The van der Waals surface area contributed by atoms with Crippen molar-refractivity contribution in [2.24, 2.45) is 0 Å². The molecule has 0 saturated carbocycles. The predicted molar refractivity (Wildman–Crippen MR) is 123 cm³/mol. The highest BCUT2D eigenvalue weighted by atomic mass is 32.1. The van der Waals surface area contributed by atoms with Crippen molar-refractivity contribution in [3.8, 4) is 0 Å². The van der Waals surface area contributed by atoms with Gasteiger partial charge in [-0.25, -0.2) is 4.39 Å². The Labute approximate surface area is 190 Å². The van der Waals surface area contributed by atoms with E-state index in [1.165, 1.54) is 29.0 Å². The number of aryl methyl sites for hydroxylation is 1. The third kappa shape index (κ3) is 6.93. The van der Waals surface area contributed by atoms with Crippen molar-refractivity contribution in [2.45, 2.75) is 33.4 Å². The molecule has 0 spiro atoms. The van der Waals surface area contributed by atoms with Crippen molar-refractivity contribution in [1.29, 1.82) is 0 Å². The zero-order valence-electron chi connectivity index (χ0n) is 18.1. The predicted octanol–water partition coefficient (Wildman–Crippen LogP) is 3.63. The first kappa shape index (κ1) is 23.5. The Balaban J connectivity index is 1.50. The molecular formula is C23H26FN5O2S.